The summed E-state index contributed by atoms with van der Waals surface area (Å²) >= 11 is 0. The van der Waals surface area contributed by atoms with E-state index in [-0.39, 0.29) is 0 Å². The lowest BCUT2D eigenvalue weighted by molar-refractivity contribution is 0.0696. The van der Waals surface area contributed by atoms with Gasteiger partial charge in [0.2, 0.25) is 0 Å². The molecule has 1 N–H and O–H groups in total. The molecule has 0 aliphatic rings. The molecule has 18 heavy (non-hydrogen) atoms. The lowest BCUT2D eigenvalue weighted by atomic mass is 10.1. The van der Waals surface area contributed by atoms with E-state index >= 15 is 0 Å². The van der Waals surface area contributed by atoms with Crippen LogP contribution in [0.4, 0.5) is 5.82 Å². The van der Waals surface area contributed by atoms with Crippen LogP contribution in [0.1, 0.15) is 50.2 Å². The third-order valence-corrected chi connectivity index (χ3v) is 3.23. The second-order valence-corrected chi connectivity index (χ2v) is 4.41. The van der Waals surface area contributed by atoms with Crippen molar-refractivity contribution in [1.82, 2.24) is 4.98 Å². The summed E-state index contributed by atoms with van der Waals surface area (Å²) in [6.45, 7) is 9.12. The highest BCUT2D eigenvalue weighted by atomic mass is 16.4. The van der Waals surface area contributed by atoms with Crippen molar-refractivity contribution in [2.75, 3.05) is 11.4 Å². The van der Waals surface area contributed by atoms with Crippen LogP contribution in [0.25, 0.3) is 0 Å². The Kier molecular flexibility index (Phi) is 5.13. The SMILES string of the molecule is CCc1cc(C(=O)O)cc(N(CC)C(C)CC)n1. The molecular formula is C14H22N2O2. The molecule has 1 aromatic heterocycles. The number of carboxylic acid groups (broad SMARTS) is 1. The van der Waals surface area contributed by atoms with Gasteiger partial charge in [-0.3, -0.25) is 0 Å². The predicted molar refractivity (Wildman–Crippen MR) is 73.3 cm³/mol. The molecule has 0 bridgehead atoms. The fourth-order valence-corrected chi connectivity index (χ4v) is 1.94. The van der Waals surface area contributed by atoms with E-state index in [0.717, 1.165) is 30.9 Å². The van der Waals surface area contributed by atoms with Crippen LogP contribution in [-0.2, 0) is 6.42 Å². The van der Waals surface area contributed by atoms with Crippen molar-refractivity contribution in [3.63, 3.8) is 0 Å². The van der Waals surface area contributed by atoms with Crippen molar-refractivity contribution in [2.24, 2.45) is 0 Å². The summed E-state index contributed by atoms with van der Waals surface area (Å²) in [6, 6.07) is 3.67. The molecular weight excluding hydrogens is 228 g/mol. The topological polar surface area (TPSA) is 53.4 Å². The average Bonchev–Trinajstić information content (AvgIpc) is 2.38. The number of aromatic nitrogens is 1. The highest BCUT2D eigenvalue weighted by Crippen LogP contribution is 2.19. The van der Waals surface area contributed by atoms with Gasteiger partial charge < -0.3 is 10.0 Å². The van der Waals surface area contributed by atoms with Crippen molar-refractivity contribution < 1.29 is 9.90 Å². The van der Waals surface area contributed by atoms with Gasteiger partial charge in [0.05, 0.1) is 5.56 Å². The molecule has 0 aromatic carbocycles. The summed E-state index contributed by atoms with van der Waals surface area (Å²) in [4.78, 5) is 17.8. The zero-order valence-corrected chi connectivity index (χ0v) is 11.6. The molecule has 1 atom stereocenters. The van der Waals surface area contributed by atoms with Crippen LogP contribution in [0.3, 0.4) is 0 Å². The van der Waals surface area contributed by atoms with Crippen LogP contribution < -0.4 is 4.90 Å². The monoisotopic (exact) mass is 250 g/mol. The number of rotatable bonds is 6. The lowest BCUT2D eigenvalue weighted by Gasteiger charge is -2.28. The number of hydrogen-bond donors (Lipinski definition) is 1. The molecule has 0 saturated heterocycles. The molecule has 100 valence electrons. The molecule has 1 unspecified atom stereocenters. The van der Waals surface area contributed by atoms with Gasteiger partial charge in [0.1, 0.15) is 5.82 Å². The van der Waals surface area contributed by atoms with Gasteiger partial charge in [0, 0.05) is 18.3 Å². The third kappa shape index (κ3) is 3.22. The summed E-state index contributed by atoms with van der Waals surface area (Å²) in [7, 11) is 0. The minimum absolute atomic E-state index is 0.318. The van der Waals surface area contributed by atoms with Crippen LogP contribution in [0.5, 0.6) is 0 Å². The number of hydrogen-bond acceptors (Lipinski definition) is 3. The van der Waals surface area contributed by atoms with Gasteiger partial charge in [-0.05, 0) is 38.8 Å². The zero-order chi connectivity index (χ0) is 13.7. The number of nitrogens with zero attached hydrogens (tertiary/aromatic N) is 2. The molecule has 1 aromatic rings. The Labute approximate surface area is 109 Å². The fraction of sp³-hybridized carbons (Fsp3) is 0.571. The van der Waals surface area contributed by atoms with Crippen molar-refractivity contribution in [2.45, 2.75) is 46.6 Å². The molecule has 0 amide bonds. The normalized spacial score (nSPS) is 12.2. The first kappa shape index (κ1) is 14.5. The van der Waals surface area contributed by atoms with Crippen molar-refractivity contribution in [3.05, 3.63) is 23.4 Å². The zero-order valence-electron chi connectivity index (χ0n) is 11.6. The third-order valence-electron chi connectivity index (χ3n) is 3.23. The Morgan fingerprint density at radius 3 is 2.50 bits per heavy atom. The summed E-state index contributed by atoms with van der Waals surface area (Å²) in [5.41, 5.74) is 1.14. The summed E-state index contributed by atoms with van der Waals surface area (Å²) in [6.07, 6.45) is 1.75. The van der Waals surface area contributed by atoms with E-state index in [1.807, 2.05) is 6.92 Å². The van der Waals surface area contributed by atoms with Crippen LogP contribution in [0, 0.1) is 0 Å². The molecule has 0 fully saturated rings. The number of aryl methyl sites for hydroxylation is 1. The Morgan fingerprint density at radius 2 is 2.06 bits per heavy atom. The van der Waals surface area contributed by atoms with Gasteiger partial charge in [0.25, 0.3) is 0 Å². The fourth-order valence-electron chi connectivity index (χ4n) is 1.94. The highest BCUT2D eigenvalue weighted by Gasteiger charge is 2.15. The van der Waals surface area contributed by atoms with Gasteiger partial charge in [-0.1, -0.05) is 13.8 Å². The Morgan fingerprint density at radius 1 is 1.39 bits per heavy atom. The molecule has 4 heteroatoms. The summed E-state index contributed by atoms with van der Waals surface area (Å²) in [5.74, 6) is -0.128. The quantitative estimate of drug-likeness (QED) is 0.843. The van der Waals surface area contributed by atoms with Gasteiger partial charge in [0.15, 0.2) is 0 Å². The molecule has 1 heterocycles. The van der Waals surface area contributed by atoms with Gasteiger partial charge in [-0.25, -0.2) is 9.78 Å². The maximum atomic E-state index is 11.1. The van der Waals surface area contributed by atoms with E-state index < -0.39 is 5.97 Å². The van der Waals surface area contributed by atoms with E-state index in [4.69, 9.17) is 5.11 Å². The lowest BCUT2D eigenvalue weighted by Crippen LogP contribution is -2.33. The smallest absolute Gasteiger partial charge is 0.335 e. The molecule has 1 rings (SSSR count). The van der Waals surface area contributed by atoms with E-state index in [9.17, 15) is 4.79 Å². The van der Waals surface area contributed by atoms with E-state index in [1.54, 1.807) is 12.1 Å². The van der Waals surface area contributed by atoms with Gasteiger partial charge in [-0.15, -0.1) is 0 Å². The van der Waals surface area contributed by atoms with Gasteiger partial charge >= 0.3 is 5.97 Å². The second-order valence-electron chi connectivity index (χ2n) is 4.41. The number of pyridine rings is 1. The number of aromatic carboxylic acids is 1. The van der Waals surface area contributed by atoms with Crippen LogP contribution >= 0.6 is 0 Å². The molecule has 0 radical (unpaired) electrons. The number of carbonyl (C=O) groups is 1. The molecule has 4 nitrogen and oxygen atoms in total. The Bertz CT molecular complexity index is 418. The predicted octanol–water partition coefficient (Wildman–Crippen LogP) is 2.97. The molecule has 0 aliphatic carbocycles. The number of carboxylic acids is 1. The van der Waals surface area contributed by atoms with Crippen molar-refractivity contribution in [3.8, 4) is 0 Å². The van der Waals surface area contributed by atoms with Crippen molar-refractivity contribution in [1.29, 1.82) is 0 Å². The summed E-state index contributed by atoms with van der Waals surface area (Å²) < 4.78 is 0. The van der Waals surface area contributed by atoms with Gasteiger partial charge in [-0.2, -0.15) is 0 Å². The minimum atomic E-state index is -0.895. The highest BCUT2D eigenvalue weighted by molar-refractivity contribution is 5.88. The number of anilines is 1. The second kappa shape index (κ2) is 6.38. The van der Waals surface area contributed by atoms with E-state index in [2.05, 4.69) is 30.7 Å². The average molecular weight is 250 g/mol. The summed E-state index contributed by atoms with van der Waals surface area (Å²) in [5, 5.41) is 9.13. The van der Waals surface area contributed by atoms with Crippen LogP contribution in [-0.4, -0.2) is 28.6 Å². The first-order valence-electron chi connectivity index (χ1n) is 6.54. The molecule has 0 saturated carbocycles. The van der Waals surface area contributed by atoms with Crippen LogP contribution in [0.2, 0.25) is 0 Å². The maximum absolute atomic E-state index is 11.1. The largest absolute Gasteiger partial charge is 0.478 e. The van der Waals surface area contributed by atoms with Crippen molar-refractivity contribution >= 4 is 11.8 Å². The minimum Gasteiger partial charge on any atom is -0.478 e. The van der Waals surface area contributed by atoms with E-state index in [1.165, 1.54) is 0 Å². The molecule has 0 spiro atoms. The first-order valence-corrected chi connectivity index (χ1v) is 6.54. The Hall–Kier alpha value is -1.58. The first-order chi connectivity index (χ1) is 8.53. The van der Waals surface area contributed by atoms with Crippen LogP contribution in [0.15, 0.2) is 12.1 Å². The Balaban J connectivity index is 3.20. The maximum Gasteiger partial charge on any atom is 0.335 e. The molecule has 0 aliphatic heterocycles. The standard InChI is InChI=1S/C14H22N2O2/c1-5-10(4)16(7-3)13-9-11(14(17)18)8-12(6-2)15-13/h8-10H,5-7H2,1-4H3,(H,17,18). The van der Waals surface area contributed by atoms with E-state index in [0.29, 0.717) is 11.6 Å².